The maximum absolute atomic E-state index is 13.2. The Balaban J connectivity index is 2.17. The summed E-state index contributed by atoms with van der Waals surface area (Å²) in [6.07, 6.45) is 4.18. The number of carboxylic acid groups (broad SMARTS) is 2. The van der Waals surface area contributed by atoms with Gasteiger partial charge in [-0.15, -0.1) is 0 Å². The summed E-state index contributed by atoms with van der Waals surface area (Å²) in [6, 6.07) is -3.93. The Kier molecular flexibility index (Phi) is 10.6. The maximum Gasteiger partial charge on any atom is 0.326 e. The molecule has 5 unspecified atom stereocenters. The van der Waals surface area contributed by atoms with Crippen LogP contribution in [0.3, 0.4) is 0 Å². The van der Waals surface area contributed by atoms with E-state index in [1.807, 2.05) is 13.8 Å². The molecule has 1 aliphatic rings. The summed E-state index contributed by atoms with van der Waals surface area (Å²) in [6.45, 7) is 4.40. The number of hydrogen-bond donors (Lipinski definition) is 7. The molecule has 0 aliphatic carbocycles. The fraction of sp³-hybridized carbons (Fsp3) is 0.636. The quantitative estimate of drug-likeness (QED) is 0.172. The van der Waals surface area contributed by atoms with E-state index in [4.69, 9.17) is 5.11 Å². The Labute approximate surface area is 202 Å². The highest BCUT2D eigenvalue weighted by Gasteiger charge is 2.33. The summed E-state index contributed by atoms with van der Waals surface area (Å²) >= 11 is 0. The van der Waals surface area contributed by atoms with Crippen molar-refractivity contribution in [3.63, 3.8) is 0 Å². The second-order valence-corrected chi connectivity index (χ2v) is 8.69. The number of rotatable bonds is 14. The highest BCUT2D eigenvalue weighted by atomic mass is 16.4. The number of imidazole rings is 1. The predicted octanol–water partition coefficient (Wildman–Crippen LogP) is -0.846. The molecule has 35 heavy (non-hydrogen) atoms. The number of aliphatic carboxylic acids is 2. The minimum absolute atomic E-state index is 0.0196. The van der Waals surface area contributed by atoms with E-state index in [1.54, 1.807) is 0 Å². The van der Waals surface area contributed by atoms with Crippen LogP contribution in [0.15, 0.2) is 12.5 Å². The van der Waals surface area contributed by atoms with Crippen LogP contribution in [0.25, 0.3) is 0 Å². The molecule has 1 aromatic heterocycles. The number of H-pyrrole nitrogens is 1. The predicted molar refractivity (Wildman–Crippen MR) is 123 cm³/mol. The summed E-state index contributed by atoms with van der Waals surface area (Å²) in [7, 11) is 0. The largest absolute Gasteiger partial charge is 0.481 e. The zero-order chi connectivity index (χ0) is 26.0. The molecule has 5 atom stereocenters. The highest BCUT2D eigenvalue weighted by Crippen LogP contribution is 2.12. The van der Waals surface area contributed by atoms with Gasteiger partial charge < -0.3 is 36.5 Å². The van der Waals surface area contributed by atoms with Gasteiger partial charge in [-0.25, -0.2) is 9.78 Å². The van der Waals surface area contributed by atoms with Crippen LogP contribution in [-0.2, 0) is 30.4 Å². The van der Waals surface area contributed by atoms with E-state index >= 15 is 0 Å². The van der Waals surface area contributed by atoms with E-state index in [9.17, 15) is 29.1 Å². The van der Waals surface area contributed by atoms with Gasteiger partial charge in [-0.05, 0) is 31.7 Å². The second-order valence-electron chi connectivity index (χ2n) is 8.69. The Morgan fingerprint density at radius 2 is 1.83 bits per heavy atom. The Morgan fingerprint density at radius 1 is 1.11 bits per heavy atom. The lowest BCUT2D eigenvalue weighted by Gasteiger charge is -2.28. The smallest absolute Gasteiger partial charge is 0.326 e. The number of nitrogens with one attached hydrogen (secondary N) is 5. The number of carbonyl (C=O) groups is 5. The first-order chi connectivity index (χ1) is 16.6. The van der Waals surface area contributed by atoms with Crippen LogP contribution in [0.4, 0.5) is 0 Å². The third kappa shape index (κ3) is 8.67. The molecule has 0 saturated carbocycles. The van der Waals surface area contributed by atoms with Gasteiger partial charge in [-0.3, -0.25) is 19.2 Å². The average molecular weight is 495 g/mol. The van der Waals surface area contributed by atoms with Gasteiger partial charge in [0.05, 0.1) is 12.4 Å². The topological polar surface area (TPSA) is 203 Å². The Bertz CT molecular complexity index is 885. The molecule has 2 rings (SSSR count). The van der Waals surface area contributed by atoms with Gasteiger partial charge in [0.15, 0.2) is 0 Å². The first-order valence-corrected chi connectivity index (χ1v) is 11.7. The van der Waals surface area contributed by atoms with Crippen molar-refractivity contribution in [1.29, 1.82) is 0 Å². The van der Waals surface area contributed by atoms with Crippen LogP contribution in [-0.4, -0.2) is 80.6 Å². The molecule has 0 spiro atoms. The van der Waals surface area contributed by atoms with Crippen LogP contribution < -0.4 is 21.3 Å². The van der Waals surface area contributed by atoms with Gasteiger partial charge in [0.1, 0.15) is 18.1 Å². The van der Waals surface area contributed by atoms with E-state index in [2.05, 4.69) is 31.2 Å². The van der Waals surface area contributed by atoms with Crippen molar-refractivity contribution in [2.45, 2.75) is 76.5 Å². The van der Waals surface area contributed by atoms with Gasteiger partial charge in [0, 0.05) is 24.7 Å². The van der Waals surface area contributed by atoms with Gasteiger partial charge in [-0.2, -0.15) is 0 Å². The summed E-state index contributed by atoms with van der Waals surface area (Å²) in [5, 5.41) is 29.0. The summed E-state index contributed by atoms with van der Waals surface area (Å²) in [4.78, 5) is 67.9. The zero-order valence-corrected chi connectivity index (χ0v) is 19.9. The van der Waals surface area contributed by atoms with Gasteiger partial charge >= 0.3 is 11.9 Å². The van der Waals surface area contributed by atoms with E-state index in [1.165, 1.54) is 12.5 Å². The molecule has 1 saturated heterocycles. The van der Waals surface area contributed by atoms with Crippen molar-refractivity contribution in [3.05, 3.63) is 18.2 Å². The summed E-state index contributed by atoms with van der Waals surface area (Å²) < 4.78 is 0. The standard InChI is InChI=1S/C22H34N6O7/c1-3-12(2)18(28-19(31)14-5-4-8-24-14)21(33)27-16(9-13-10-23-11-25-13)20(32)26-15(22(34)35)6-7-17(29)30/h10-12,14-16,18,24H,3-9H2,1-2H3,(H,23,25)(H,26,32)(H,27,33)(H,28,31)(H,29,30)(H,34,35). The Morgan fingerprint density at radius 3 is 2.37 bits per heavy atom. The molecular weight excluding hydrogens is 460 g/mol. The van der Waals surface area contributed by atoms with Crippen molar-refractivity contribution >= 4 is 29.7 Å². The van der Waals surface area contributed by atoms with Gasteiger partial charge in [0.2, 0.25) is 17.7 Å². The molecule has 194 valence electrons. The zero-order valence-electron chi connectivity index (χ0n) is 19.9. The van der Waals surface area contributed by atoms with Crippen LogP contribution in [0.1, 0.15) is 51.6 Å². The maximum atomic E-state index is 13.2. The molecule has 3 amide bonds. The van der Waals surface area contributed by atoms with Crippen LogP contribution in [0.5, 0.6) is 0 Å². The molecule has 0 radical (unpaired) electrons. The number of amides is 3. The fourth-order valence-electron chi connectivity index (χ4n) is 3.75. The monoisotopic (exact) mass is 494 g/mol. The number of nitrogens with zero attached hydrogens (tertiary/aromatic N) is 1. The van der Waals surface area contributed by atoms with E-state index in [0.29, 0.717) is 18.5 Å². The lowest BCUT2D eigenvalue weighted by molar-refractivity contribution is -0.143. The lowest BCUT2D eigenvalue weighted by Crippen LogP contribution is -2.59. The minimum atomic E-state index is -1.45. The Hall–Kier alpha value is -3.48. The van der Waals surface area contributed by atoms with Gasteiger partial charge in [-0.1, -0.05) is 20.3 Å². The number of hydrogen-bond acceptors (Lipinski definition) is 7. The fourth-order valence-corrected chi connectivity index (χ4v) is 3.75. The van der Waals surface area contributed by atoms with Gasteiger partial charge in [0.25, 0.3) is 0 Å². The SMILES string of the molecule is CCC(C)C(NC(=O)C1CCCN1)C(=O)NC(Cc1cnc[nH]1)C(=O)NC(CCC(=O)O)C(=O)O. The van der Waals surface area contributed by atoms with Crippen LogP contribution in [0, 0.1) is 5.92 Å². The van der Waals surface area contributed by atoms with Crippen molar-refractivity contribution in [2.24, 2.45) is 5.92 Å². The average Bonchev–Trinajstić information content (AvgIpc) is 3.53. The lowest BCUT2D eigenvalue weighted by atomic mass is 9.97. The molecule has 2 heterocycles. The van der Waals surface area contributed by atoms with Crippen molar-refractivity contribution < 1.29 is 34.2 Å². The molecule has 0 aromatic carbocycles. The molecule has 0 bridgehead atoms. The van der Waals surface area contributed by atoms with Crippen molar-refractivity contribution in [1.82, 2.24) is 31.2 Å². The third-order valence-corrected chi connectivity index (χ3v) is 6.04. The second kappa shape index (κ2) is 13.4. The number of aromatic amines is 1. The van der Waals surface area contributed by atoms with E-state index in [0.717, 1.165) is 13.0 Å². The number of aromatic nitrogens is 2. The molecule has 1 aromatic rings. The normalized spacial score (nSPS) is 18.6. The molecule has 7 N–H and O–H groups in total. The number of carbonyl (C=O) groups excluding carboxylic acids is 3. The van der Waals surface area contributed by atoms with Crippen molar-refractivity contribution in [3.8, 4) is 0 Å². The third-order valence-electron chi connectivity index (χ3n) is 6.04. The van der Waals surface area contributed by atoms with E-state index in [-0.39, 0.29) is 30.7 Å². The van der Waals surface area contributed by atoms with E-state index < -0.39 is 48.3 Å². The molecule has 13 heteroatoms. The summed E-state index contributed by atoms with van der Waals surface area (Å²) in [5.41, 5.74) is 0.516. The van der Waals surface area contributed by atoms with Crippen LogP contribution in [0.2, 0.25) is 0 Å². The minimum Gasteiger partial charge on any atom is -0.481 e. The highest BCUT2D eigenvalue weighted by molar-refractivity contribution is 5.94. The molecule has 13 nitrogen and oxygen atoms in total. The summed E-state index contributed by atoms with van der Waals surface area (Å²) in [5.74, 6) is -4.49. The van der Waals surface area contributed by atoms with Crippen molar-refractivity contribution in [2.75, 3.05) is 6.54 Å². The molecule has 1 aliphatic heterocycles. The van der Waals surface area contributed by atoms with Crippen LogP contribution >= 0.6 is 0 Å². The molecular formula is C22H34N6O7. The molecule has 1 fully saturated rings. The first-order valence-electron chi connectivity index (χ1n) is 11.7. The number of carboxylic acids is 2. The first kappa shape index (κ1) is 27.8.